The van der Waals surface area contributed by atoms with E-state index in [4.69, 9.17) is 4.74 Å². The molecule has 0 unspecified atom stereocenters. The quantitative estimate of drug-likeness (QED) is 0.666. The summed E-state index contributed by atoms with van der Waals surface area (Å²) in [5.41, 5.74) is 1.05. The highest BCUT2D eigenvalue weighted by molar-refractivity contribution is 7.15. The lowest BCUT2D eigenvalue weighted by molar-refractivity contribution is -0.0130. The van der Waals surface area contributed by atoms with Crippen LogP contribution in [0.25, 0.3) is 4.96 Å². The summed E-state index contributed by atoms with van der Waals surface area (Å²) in [6.07, 6.45) is 4.59. The largest absolute Gasteiger partial charge is 0.378 e. The van der Waals surface area contributed by atoms with Crippen LogP contribution in [0.15, 0.2) is 35.3 Å². The minimum absolute atomic E-state index is 0.123. The lowest BCUT2D eigenvalue weighted by Gasteiger charge is -2.34. The number of aromatic nitrogens is 2. The average Bonchev–Trinajstić information content (AvgIpc) is 3.25. The predicted octanol–water partition coefficient (Wildman–Crippen LogP) is 2.93. The van der Waals surface area contributed by atoms with Gasteiger partial charge >= 0.3 is 0 Å². The Hall–Kier alpha value is -1.54. The second kappa shape index (κ2) is 6.52. The van der Waals surface area contributed by atoms with Gasteiger partial charge in [-0.2, -0.15) is 0 Å². The van der Waals surface area contributed by atoms with E-state index in [1.165, 1.54) is 11.3 Å². The molecule has 1 fully saturated rings. The SMILES string of the molecule is O=C(C[C@H]1COCCN1Cc1cn2ccsc2n1)c1cccs1. The number of carbonyl (C=O) groups excluding carboxylic acids is 1. The summed E-state index contributed by atoms with van der Waals surface area (Å²) >= 11 is 3.14. The second-order valence-electron chi connectivity index (χ2n) is 5.63. The van der Waals surface area contributed by atoms with Gasteiger partial charge in [0.15, 0.2) is 10.7 Å². The zero-order valence-electron chi connectivity index (χ0n) is 12.6. The molecule has 0 aliphatic carbocycles. The van der Waals surface area contributed by atoms with Gasteiger partial charge in [-0.15, -0.1) is 22.7 Å². The molecule has 0 saturated carbocycles. The van der Waals surface area contributed by atoms with Crippen molar-refractivity contribution < 1.29 is 9.53 Å². The van der Waals surface area contributed by atoms with E-state index in [1.54, 1.807) is 11.3 Å². The Bertz CT molecular complexity index is 765. The van der Waals surface area contributed by atoms with Crippen LogP contribution in [0.2, 0.25) is 0 Å². The fourth-order valence-electron chi connectivity index (χ4n) is 2.90. The van der Waals surface area contributed by atoms with Crippen molar-refractivity contribution in [1.29, 1.82) is 0 Å². The Kier molecular flexibility index (Phi) is 4.26. The first-order valence-corrected chi connectivity index (χ1v) is 9.35. The molecule has 3 aromatic rings. The molecule has 1 aliphatic rings. The topological polar surface area (TPSA) is 46.8 Å². The molecular formula is C16H17N3O2S2. The summed E-state index contributed by atoms with van der Waals surface area (Å²) in [6.45, 7) is 2.93. The number of imidazole rings is 1. The maximum Gasteiger partial charge on any atom is 0.193 e. The summed E-state index contributed by atoms with van der Waals surface area (Å²) in [4.78, 5) is 21.2. The van der Waals surface area contributed by atoms with Crippen molar-refractivity contribution in [3.63, 3.8) is 0 Å². The van der Waals surface area contributed by atoms with Crippen molar-refractivity contribution in [2.75, 3.05) is 19.8 Å². The normalized spacial score (nSPS) is 19.4. The number of nitrogens with zero attached hydrogens (tertiary/aromatic N) is 3. The molecule has 0 bridgehead atoms. The molecule has 1 aliphatic heterocycles. The smallest absolute Gasteiger partial charge is 0.193 e. The number of thiazole rings is 1. The molecule has 0 N–H and O–H groups in total. The van der Waals surface area contributed by atoms with Gasteiger partial charge in [-0.05, 0) is 11.4 Å². The van der Waals surface area contributed by atoms with E-state index in [-0.39, 0.29) is 11.8 Å². The number of hydrogen-bond donors (Lipinski definition) is 0. The number of rotatable bonds is 5. The predicted molar refractivity (Wildman–Crippen MR) is 91.4 cm³/mol. The van der Waals surface area contributed by atoms with E-state index in [2.05, 4.69) is 16.1 Å². The maximum atomic E-state index is 12.4. The van der Waals surface area contributed by atoms with Gasteiger partial charge in [0.25, 0.3) is 0 Å². The van der Waals surface area contributed by atoms with E-state index >= 15 is 0 Å². The van der Waals surface area contributed by atoms with E-state index in [0.717, 1.165) is 28.6 Å². The van der Waals surface area contributed by atoms with Crippen molar-refractivity contribution in [1.82, 2.24) is 14.3 Å². The van der Waals surface area contributed by atoms with Crippen molar-refractivity contribution in [3.05, 3.63) is 45.9 Å². The van der Waals surface area contributed by atoms with Crippen LogP contribution in [0, 0.1) is 0 Å². The number of hydrogen-bond acceptors (Lipinski definition) is 6. The van der Waals surface area contributed by atoms with Crippen LogP contribution in [0.4, 0.5) is 0 Å². The van der Waals surface area contributed by atoms with Gasteiger partial charge in [0.1, 0.15) is 0 Å². The minimum Gasteiger partial charge on any atom is -0.378 e. The van der Waals surface area contributed by atoms with Crippen LogP contribution in [0.1, 0.15) is 21.8 Å². The van der Waals surface area contributed by atoms with E-state index in [1.807, 2.05) is 33.5 Å². The highest BCUT2D eigenvalue weighted by Gasteiger charge is 2.26. The van der Waals surface area contributed by atoms with Gasteiger partial charge < -0.3 is 4.74 Å². The van der Waals surface area contributed by atoms with Gasteiger partial charge in [0.2, 0.25) is 0 Å². The first kappa shape index (κ1) is 15.0. The van der Waals surface area contributed by atoms with Crippen molar-refractivity contribution >= 4 is 33.4 Å². The number of thiophene rings is 1. The minimum atomic E-state index is 0.123. The lowest BCUT2D eigenvalue weighted by Crippen LogP contribution is -2.45. The second-order valence-corrected chi connectivity index (χ2v) is 7.45. The standard InChI is InChI=1S/C16H17N3O2S2/c20-14(15-2-1-6-22-15)8-13-11-21-5-3-18(13)9-12-10-19-4-7-23-16(19)17-12/h1-2,4,6-7,10,13H,3,5,8-9,11H2/t13-/m0/s1. The van der Waals surface area contributed by atoms with Crippen LogP contribution in [0.5, 0.6) is 0 Å². The molecule has 0 aromatic carbocycles. The van der Waals surface area contributed by atoms with Crippen molar-refractivity contribution in [2.45, 2.75) is 19.0 Å². The van der Waals surface area contributed by atoms with Gasteiger partial charge in [-0.3, -0.25) is 14.1 Å². The summed E-state index contributed by atoms with van der Waals surface area (Å²) in [5.74, 6) is 0.200. The van der Waals surface area contributed by atoms with Crippen LogP contribution in [0.3, 0.4) is 0 Å². The summed E-state index contributed by atoms with van der Waals surface area (Å²) in [5, 5.41) is 3.98. The number of ketones is 1. The molecule has 5 nitrogen and oxygen atoms in total. The van der Waals surface area contributed by atoms with Crippen LogP contribution in [-0.4, -0.2) is 45.9 Å². The first-order chi connectivity index (χ1) is 11.3. The number of carbonyl (C=O) groups is 1. The van der Waals surface area contributed by atoms with Crippen molar-refractivity contribution in [2.24, 2.45) is 0 Å². The van der Waals surface area contributed by atoms with Gasteiger partial charge in [0, 0.05) is 43.3 Å². The summed E-state index contributed by atoms with van der Waals surface area (Å²) in [7, 11) is 0. The molecule has 0 radical (unpaired) electrons. The number of morpholine rings is 1. The molecule has 0 amide bonds. The fraction of sp³-hybridized carbons (Fsp3) is 0.375. The summed E-state index contributed by atoms with van der Waals surface area (Å²) < 4.78 is 7.65. The fourth-order valence-corrected chi connectivity index (χ4v) is 4.29. The third-order valence-electron chi connectivity index (χ3n) is 4.07. The zero-order valence-corrected chi connectivity index (χ0v) is 14.2. The van der Waals surface area contributed by atoms with Gasteiger partial charge in [-0.1, -0.05) is 6.07 Å². The number of fused-ring (bicyclic) bond motifs is 1. The molecule has 4 heterocycles. The van der Waals surface area contributed by atoms with Gasteiger partial charge in [-0.25, -0.2) is 4.98 Å². The molecule has 4 rings (SSSR count). The lowest BCUT2D eigenvalue weighted by atomic mass is 10.1. The molecule has 0 spiro atoms. The monoisotopic (exact) mass is 347 g/mol. The zero-order chi connectivity index (χ0) is 15.6. The molecule has 120 valence electrons. The number of ether oxygens (including phenoxy) is 1. The highest BCUT2D eigenvalue weighted by atomic mass is 32.1. The maximum absolute atomic E-state index is 12.4. The highest BCUT2D eigenvalue weighted by Crippen LogP contribution is 2.20. The Morgan fingerprint density at radius 1 is 1.39 bits per heavy atom. The van der Waals surface area contributed by atoms with Crippen LogP contribution in [-0.2, 0) is 11.3 Å². The first-order valence-electron chi connectivity index (χ1n) is 7.59. The number of Topliss-reactive ketones (excluding diaryl/α,β-unsaturated/α-hetero) is 1. The van der Waals surface area contributed by atoms with Crippen molar-refractivity contribution in [3.8, 4) is 0 Å². The molecule has 23 heavy (non-hydrogen) atoms. The summed E-state index contributed by atoms with van der Waals surface area (Å²) in [6, 6.07) is 3.94. The van der Waals surface area contributed by atoms with E-state index in [9.17, 15) is 4.79 Å². The molecule has 1 saturated heterocycles. The van der Waals surface area contributed by atoms with Crippen LogP contribution >= 0.6 is 22.7 Å². The Balaban J connectivity index is 1.46. The molecule has 1 atom stereocenters. The van der Waals surface area contributed by atoms with E-state index in [0.29, 0.717) is 19.6 Å². The van der Waals surface area contributed by atoms with Crippen LogP contribution < -0.4 is 0 Å². The third-order valence-corrected chi connectivity index (χ3v) is 5.76. The average molecular weight is 347 g/mol. The Labute approximate surface area is 142 Å². The van der Waals surface area contributed by atoms with Gasteiger partial charge in [0.05, 0.1) is 23.8 Å². The molecule has 3 aromatic heterocycles. The Morgan fingerprint density at radius 2 is 2.35 bits per heavy atom. The third kappa shape index (κ3) is 3.23. The molecular weight excluding hydrogens is 330 g/mol. The molecule has 7 heteroatoms. The van der Waals surface area contributed by atoms with E-state index < -0.39 is 0 Å². The Morgan fingerprint density at radius 3 is 3.17 bits per heavy atom.